The lowest BCUT2D eigenvalue weighted by molar-refractivity contribution is 0.136. The predicted molar refractivity (Wildman–Crippen MR) is 92.2 cm³/mol. The number of aliphatic imine (C=N–C) groups is 1. The molecule has 1 aliphatic carbocycles. The largest absolute Gasteiger partial charge is 0.393 e. The molecule has 0 aromatic carbocycles. The molecule has 0 bridgehead atoms. The van der Waals surface area contributed by atoms with E-state index in [1.165, 1.54) is 6.54 Å². The van der Waals surface area contributed by atoms with Crippen LogP contribution in [0.4, 0.5) is 0 Å². The quantitative estimate of drug-likeness (QED) is 0.595. The smallest absolute Gasteiger partial charge is 0.194 e. The maximum Gasteiger partial charge on any atom is 0.194 e. The van der Waals surface area contributed by atoms with E-state index in [1.807, 2.05) is 0 Å². The molecule has 1 saturated carbocycles. The van der Waals surface area contributed by atoms with E-state index in [0.717, 1.165) is 70.4 Å². The third kappa shape index (κ3) is 5.13. The number of hydrogen-bond acceptors (Lipinski definition) is 3. The van der Waals surface area contributed by atoms with E-state index in [4.69, 9.17) is 4.99 Å². The number of aliphatic hydroxyl groups is 1. The molecule has 1 aliphatic heterocycles. The van der Waals surface area contributed by atoms with E-state index in [9.17, 15) is 5.11 Å². The Hall–Kier alpha value is -0.810. The van der Waals surface area contributed by atoms with Gasteiger partial charge >= 0.3 is 0 Å². The van der Waals surface area contributed by atoms with Crippen molar-refractivity contribution in [1.82, 2.24) is 15.1 Å². The number of hydrogen-bond donors (Lipinski definition) is 2. The van der Waals surface area contributed by atoms with Crippen LogP contribution in [0, 0.1) is 11.8 Å². The van der Waals surface area contributed by atoms with Gasteiger partial charge in [0.15, 0.2) is 5.96 Å². The van der Waals surface area contributed by atoms with Crippen LogP contribution in [0.5, 0.6) is 0 Å². The average Bonchev–Trinajstić information content (AvgIpc) is 2.89. The molecule has 0 spiro atoms. The van der Waals surface area contributed by atoms with Crippen molar-refractivity contribution in [3.8, 4) is 0 Å². The van der Waals surface area contributed by atoms with Crippen LogP contribution in [0.25, 0.3) is 0 Å². The average molecular weight is 310 g/mol. The van der Waals surface area contributed by atoms with Gasteiger partial charge in [0, 0.05) is 51.7 Å². The molecule has 0 radical (unpaired) electrons. The topological polar surface area (TPSA) is 51.1 Å². The first-order valence-electron chi connectivity index (χ1n) is 9.03. The van der Waals surface area contributed by atoms with Gasteiger partial charge < -0.3 is 15.3 Å². The Morgan fingerprint density at radius 1 is 1.23 bits per heavy atom. The SMILES string of the molecule is CCNC(=NCC1CCCC1O)N1CCN(CC(C)C)CC1. The molecule has 2 atom stereocenters. The highest BCUT2D eigenvalue weighted by atomic mass is 16.3. The summed E-state index contributed by atoms with van der Waals surface area (Å²) < 4.78 is 0. The molecule has 22 heavy (non-hydrogen) atoms. The van der Waals surface area contributed by atoms with Crippen molar-refractivity contribution < 1.29 is 5.11 Å². The lowest BCUT2D eigenvalue weighted by Crippen LogP contribution is -2.53. The molecular weight excluding hydrogens is 276 g/mol. The summed E-state index contributed by atoms with van der Waals surface area (Å²) in [6, 6.07) is 0. The van der Waals surface area contributed by atoms with E-state index in [1.54, 1.807) is 0 Å². The first-order chi connectivity index (χ1) is 10.6. The first kappa shape index (κ1) is 17.5. The van der Waals surface area contributed by atoms with Crippen LogP contribution < -0.4 is 5.32 Å². The molecule has 5 nitrogen and oxygen atoms in total. The number of rotatable bonds is 5. The lowest BCUT2D eigenvalue weighted by atomic mass is 10.1. The second kappa shape index (κ2) is 8.73. The summed E-state index contributed by atoms with van der Waals surface area (Å²) >= 11 is 0. The van der Waals surface area contributed by atoms with Crippen LogP contribution in [0.1, 0.15) is 40.0 Å². The molecule has 2 fully saturated rings. The lowest BCUT2D eigenvalue weighted by Gasteiger charge is -2.37. The van der Waals surface area contributed by atoms with Crippen LogP contribution in [0.3, 0.4) is 0 Å². The normalized spacial score (nSPS) is 27.7. The van der Waals surface area contributed by atoms with Gasteiger partial charge in [-0.2, -0.15) is 0 Å². The Morgan fingerprint density at radius 3 is 2.50 bits per heavy atom. The van der Waals surface area contributed by atoms with Crippen molar-refractivity contribution in [3.05, 3.63) is 0 Å². The summed E-state index contributed by atoms with van der Waals surface area (Å²) in [5.74, 6) is 2.12. The fourth-order valence-corrected chi connectivity index (χ4v) is 3.52. The molecule has 5 heteroatoms. The Kier molecular flexibility index (Phi) is 6.96. The second-order valence-electron chi connectivity index (χ2n) is 7.13. The number of aliphatic hydroxyl groups excluding tert-OH is 1. The van der Waals surface area contributed by atoms with Gasteiger partial charge in [0.2, 0.25) is 0 Å². The number of piperazine rings is 1. The van der Waals surface area contributed by atoms with Gasteiger partial charge in [0.25, 0.3) is 0 Å². The predicted octanol–water partition coefficient (Wildman–Crippen LogP) is 1.39. The Labute approximate surface area is 135 Å². The van der Waals surface area contributed by atoms with Crippen molar-refractivity contribution in [2.75, 3.05) is 45.8 Å². The summed E-state index contributed by atoms with van der Waals surface area (Å²) in [5.41, 5.74) is 0. The van der Waals surface area contributed by atoms with Crippen molar-refractivity contribution in [2.24, 2.45) is 16.8 Å². The van der Waals surface area contributed by atoms with E-state index < -0.39 is 0 Å². The molecule has 2 unspecified atom stereocenters. The zero-order chi connectivity index (χ0) is 15.9. The molecule has 0 amide bonds. The third-order valence-corrected chi connectivity index (χ3v) is 4.72. The Morgan fingerprint density at radius 2 is 1.95 bits per heavy atom. The maximum atomic E-state index is 9.95. The van der Waals surface area contributed by atoms with Crippen LogP contribution in [-0.2, 0) is 0 Å². The van der Waals surface area contributed by atoms with Crippen LogP contribution in [-0.4, -0.2) is 72.8 Å². The number of nitrogens with zero attached hydrogens (tertiary/aromatic N) is 3. The summed E-state index contributed by atoms with van der Waals surface area (Å²) in [6.07, 6.45) is 3.07. The van der Waals surface area contributed by atoms with E-state index in [0.29, 0.717) is 5.92 Å². The first-order valence-corrected chi connectivity index (χ1v) is 9.03. The maximum absolute atomic E-state index is 9.95. The summed E-state index contributed by atoms with van der Waals surface area (Å²) in [7, 11) is 0. The Bertz CT molecular complexity index is 351. The fourth-order valence-electron chi connectivity index (χ4n) is 3.52. The summed E-state index contributed by atoms with van der Waals surface area (Å²) in [6.45, 7) is 13.9. The van der Waals surface area contributed by atoms with Gasteiger partial charge in [-0.15, -0.1) is 0 Å². The summed E-state index contributed by atoms with van der Waals surface area (Å²) in [5, 5.41) is 13.4. The zero-order valence-corrected chi connectivity index (χ0v) is 14.6. The van der Waals surface area contributed by atoms with Gasteiger partial charge in [-0.3, -0.25) is 9.89 Å². The van der Waals surface area contributed by atoms with Gasteiger partial charge in [-0.1, -0.05) is 20.3 Å². The minimum absolute atomic E-state index is 0.144. The van der Waals surface area contributed by atoms with Crippen LogP contribution in [0.15, 0.2) is 4.99 Å². The van der Waals surface area contributed by atoms with Gasteiger partial charge in [0.1, 0.15) is 0 Å². The molecule has 1 heterocycles. The van der Waals surface area contributed by atoms with E-state index >= 15 is 0 Å². The van der Waals surface area contributed by atoms with Gasteiger partial charge in [0.05, 0.1) is 6.10 Å². The minimum Gasteiger partial charge on any atom is -0.393 e. The van der Waals surface area contributed by atoms with Crippen molar-refractivity contribution in [2.45, 2.75) is 46.1 Å². The molecule has 1 saturated heterocycles. The zero-order valence-electron chi connectivity index (χ0n) is 14.6. The van der Waals surface area contributed by atoms with Crippen LogP contribution in [0.2, 0.25) is 0 Å². The Balaban J connectivity index is 1.85. The fraction of sp³-hybridized carbons (Fsp3) is 0.941. The van der Waals surface area contributed by atoms with E-state index in [-0.39, 0.29) is 6.10 Å². The molecule has 2 rings (SSSR count). The molecule has 0 aromatic heterocycles. The van der Waals surface area contributed by atoms with E-state index in [2.05, 4.69) is 35.9 Å². The highest BCUT2D eigenvalue weighted by Gasteiger charge is 2.25. The third-order valence-electron chi connectivity index (χ3n) is 4.72. The van der Waals surface area contributed by atoms with Crippen molar-refractivity contribution in [3.63, 3.8) is 0 Å². The molecule has 2 N–H and O–H groups in total. The highest BCUT2D eigenvalue weighted by molar-refractivity contribution is 5.80. The van der Waals surface area contributed by atoms with Crippen molar-refractivity contribution in [1.29, 1.82) is 0 Å². The summed E-state index contributed by atoms with van der Waals surface area (Å²) in [4.78, 5) is 9.73. The van der Waals surface area contributed by atoms with Crippen molar-refractivity contribution >= 4 is 5.96 Å². The standard InChI is InChI=1S/C17H34N4O/c1-4-18-17(19-12-15-6-5-7-16(15)22)21-10-8-20(9-11-21)13-14(2)3/h14-16,22H,4-13H2,1-3H3,(H,18,19). The monoisotopic (exact) mass is 310 g/mol. The molecule has 2 aliphatic rings. The number of guanidine groups is 1. The molecule has 128 valence electrons. The second-order valence-corrected chi connectivity index (χ2v) is 7.13. The molecular formula is C17H34N4O. The van der Waals surface area contributed by atoms with Crippen LogP contribution >= 0.6 is 0 Å². The minimum atomic E-state index is -0.144. The van der Waals surface area contributed by atoms with Gasteiger partial charge in [-0.05, 0) is 25.7 Å². The number of nitrogens with one attached hydrogen (secondary N) is 1. The highest BCUT2D eigenvalue weighted by Crippen LogP contribution is 2.25. The molecule has 0 aromatic rings. The van der Waals surface area contributed by atoms with Gasteiger partial charge in [-0.25, -0.2) is 0 Å².